The fourth-order valence-electron chi connectivity index (χ4n) is 2.52. The maximum absolute atomic E-state index is 10.9. The number of para-hydroxylation sites is 1. The molecule has 5 heteroatoms. The van der Waals surface area contributed by atoms with E-state index in [9.17, 15) is 4.79 Å². The predicted octanol–water partition coefficient (Wildman–Crippen LogP) is 3.77. The van der Waals surface area contributed by atoms with Gasteiger partial charge in [0.25, 0.3) is 0 Å². The maximum atomic E-state index is 10.9. The predicted molar refractivity (Wildman–Crippen MR) is 80.9 cm³/mol. The summed E-state index contributed by atoms with van der Waals surface area (Å²) in [6.07, 6.45) is 7.85. The fraction of sp³-hybridized carbons (Fsp3) is 0.294. The van der Waals surface area contributed by atoms with Crippen LogP contribution in [0, 0.1) is 5.92 Å². The number of carboxylic acid groups (broad SMARTS) is 1. The number of carbonyl (C=O) groups is 1. The highest BCUT2D eigenvalue weighted by Crippen LogP contribution is 2.31. The van der Waals surface area contributed by atoms with Crippen LogP contribution >= 0.6 is 0 Å². The minimum Gasteiger partial charge on any atom is -0.492 e. The first-order valence-electron chi connectivity index (χ1n) is 7.33. The summed E-state index contributed by atoms with van der Waals surface area (Å²) in [6, 6.07) is 8.82. The smallest absolute Gasteiger partial charge is 0.358 e. The highest BCUT2D eigenvalue weighted by molar-refractivity contribution is 5.86. The van der Waals surface area contributed by atoms with Gasteiger partial charge in [-0.25, -0.2) is 4.79 Å². The molecule has 0 saturated heterocycles. The van der Waals surface area contributed by atoms with Gasteiger partial charge in [0.1, 0.15) is 5.75 Å². The van der Waals surface area contributed by atoms with E-state index in [0.29, 0.717) is 29.6 Å². The van der Waals surface area contributed by atoms with Crippen LogP contribution in [0.25, 0.3) is 11.3 Å². The highest BCUT2D eigenvalue weighted by Gasteiger charge is 2.16. The lowest BCUT2D eigenvalue weighted by atomic mass is 9.97. The van der Waals surface area contributed by atoms with Gasteiger partial charge in [-0.2, -0.15) is 0 Å². The number of allylic oxidation sites excluding steroid dienone is 1. The molecular weight excluding hydrogens is 282 g/mol. The molecule has 1 aromatic carbocycles. The summed E-state index contributed by atoms with van der Waals surface area (Å²) in [5.74, 6) is 0.383. The second-order valence-electron chi connectivity index (χ2n) is 5.31. The van der Waals surface area contributed by atoms with E-state index in [1.807, 2.05) is 24.3 Å². The van der Waals surface area contributed by atoms with Crippen LogP contribution in [0.1, 0.15) is 29.8 Å². The van der Waals surface area contributed by atoms with Crippen LogP contribution < -0.4 is 4.74 Å². The van der Waals surface area contributed by atoms with Crippen molar-refractivity contribution < 1.29 is 19.2 Å². The van der Waals surface area contributed by atoms with Crippen LogP contribution in [0.5, 0.6) is 5.75 Å². The lowest BCUT2D eigenvalue weighted by molar-refractivity contribution is 0.0686. The Kier molecular flexibility index (Phi) is 4.23. The monoisotopic (exact) mass is 299 g/mol. The molecule has 0 saturated carbocycles. The Labute approximate surface area is 128 Å². The number of carboxylic acids is 1. The third-order valence-corrected chi connectivity index (χ3v) is 3.69. The molecule has 0 aliphatic heterocycles. The quantitative estimate of drug-likeness (QED) is 0.851. The van der Waals surface area contributed by atoms with E-state index < -0.39 is 5.97 Å². The van der Waals surface area contributed by atoms with Crippen molar-refractivity contribution in [2.24, 2.45) is 5.92 Å². The third kappa shape index (κ3) is 3.19. The molecule has 1 N–H and O–H groups in total. The van der Waals surface area contributed by atoms with Gasteiger partial charge in [0.15, 0.2) is 11.5 Å². The van der Waals surface area contributed by atoms with Crippen LogP contribution in [0.4, 0.5) is 0 Å². The number of aromatic nitrogens is 1. The summed E-state index contributed by atoms with van der Waals surface area (Å²) in [5, 5.41) is 12.5. The topological polar surface area (TPSA) is 72.6 Å². The number of hydrogen-bond acceptors (Lipinski definition) is 4. The van der Waals surface area contributed by atoms with Crippen LogP contribution in [-0.4, -0.2) is 22.8 Å². The summed E-state index contributed by atoms with van der Waals surface area (Å²) in [5.41, 5.74) is 0.599. The van der Waals surface area contributed by atoms with E-state index in [1.165, 1.54) is 12.5 Å². The Balaban J connectivity index is 1.78. The number of aromatic carboxylic acids is 1. The molecule has 0 amide bonds. The van der Waals surface area contributed by atoms with Gasteiger partial charge >= 0.3 is 5.97 Å². The highest BCUT2D eigenvalue weighted by atomic mass is 16.5. The van der Waals surface area contributed by atoms with Crippen molar-refractivity contribution in [2.75, 3.05) is 6.61 Å². The molecule has 1 aromatic heterocycles. The first-order chi connectivity index (χ1) is 10.7. The zero-order chi connectivity index (χ0) is 15.4. The van der Waals surface area contributed by atoms with E-state index in [1.54, 1.807) is 0 Å². The van der Waals surface area contributed by atoms with Gasteiger partial charge in [-0.3, -0.25) is 0 Å². The van der Waals surface area contributed by atoms with E-state index in [2.05, 4.69) is 17.3 Å². The first-order valence-corrected chi connectivity index (χ1v) is 7.33. The Morgan fingerprint density at radius 2 is 2.27 bits per heavy atom. The summed E-state index contributed by atoms with van der Waals surface area (Å²) >= 11 is 0. The normalized spacial score (nSPS) is 17.4. The molecule has 1 unspecified atom stereocenters. The van der Waals surface area contributed by atoms with Crippen molar-refractivity contribution in [2.45, 2.75) is 19.3 Å². The molecule has 2 aromatic rings. The van der Waals surface area contributed by atoms with Crippen molar-refractivity contribution in [3.63, 3.8) is 0 Å². The van der Waals surface area contributed by atoms with Crippen molar-refractivity contribution >= 4 is 5.97 Å². The molecule has 0 bridgehead atoms. The average molecular weight is 299 g/mol. The molecular formula is C17H17NO4. The van der Waals surface area contributed by atoms with Gasteiger partial charge in [-0.1, -0.05) is 29.4 Å². The summed E-state index contributed by atoms with van der Waals surface area (Å²) in [6.45, 7) is 0.605. The average Bonchev–Trinajstić information content (AvgIpc) is 3.04. The number of ether oxygens (including phenoxy) is 1. The Morgan fingerprint density at radius 1 is 1.41 bits per heavy atom. The summed E-state index contributed by atoms with van der Waals surface area (Å²) in [4.78, 5) is 10.9. The van der Waals surface area contributed by atoms with Crippen LogP contribution in [0.15, 0.2) is 47.0 Å². The second-order valence-corrected chi connectivity index (χ2v) is 5.31. The lowest BCUT2D eigenvalue weighted by Gasteiger charge is -2.17. The Hall–Kier alpha value is -2.56. The summed E-state index contributed by atoms with van der Waals surface area (Å²) in [7, 11) is 0. The molecule has 0 radical (unpaired) electrons. The minimum atomic E-state index is -1.11. The number of benzene rings is 1. The van der Waals surface area contributed by atoms with E-state index in [-0.39, 0.29) is 5.69 Å². The van der Waals surface area contributed by atoms with E-state index in [4.69, 9.17) is 14.4 Å². The van der Waals surface area contributed by atoms with Crippen LogP contribution in [0.3, 0.4) is 0 Å². The largest absolute Gasteiger partial charge is 0.492 e. The SMILES string of the molecule is O=C(O)c1cc(-c2ccccc2OCC2C=CCCC2)on1. The van der Waals surface area contributed by atoms with Crippen molar-refractivity contribution in [3.8, 4) is 17.1 Å². The Morgan fingerprint density at radius 3 is 3.00 bits per heavy atom. The zero-order valence-corrected chi connectivity index (χ0v) is 12.1. The molecule has 1 aliphatic rings. The minimum absolute atomic E-state index is 0.111. The molecule has 1 heterocycles. The molecule has 114 valence electrons. The van der Waals surface area contributed by atoms with Gasteiger partial charge in [-0.05, 0) is 31.4 Å². The molecule has 3 rings (SSSR count). The number of hydrogen-bond donors (Lipinski definition) is 1. The molecule has 22 heavy (non-hydrogen) atoms. The van der Waals surface area contributed by atoms with Crippen molar-refractivity contribution in [1.82, 2.24) is 5.16 Å². The maximum Gasteiger partial charge on any atom is 0.358 e. The van der Waals surface area contributed by atoms with E-state index >= 15 is 0 Å². The van der Waals surface area contributed by atoms with Crippen molar-refractivity contribution in [3.05, 3.63) is 48.2 Å². The first kappa shape index (κ1) is 14.4. The lowest BCUT2D eigenvalue weighted by Crippen LogP contribution is -2.12. The fourth-order valence-corrected chi connectivity index (χ4v) is 2.52. The summed E-state index contributed by atoms with van der Waals surface area (Å²) < 4.78 is 11.0. The standard InChI is InChI=1S/C17H17NO4/c19-17(20)14-10-16(22-18-14)13-8-4-5-9-15(13)21-11-12-6-2-1-3-7-12/h2,4-6,8-10,12H,1,3,7,11H2,(H,19,20). The molecule has 0 fully saturated rings. The van der Waals surface area contributed by atoms with E-state index in [0.717, 1.165) is 12.8 Å². The third-order valence-electron chi connectivity index (χ3n) is 3.69. The molecule has 1 aliphatic carbocycles. The molecule has 0 spiro atoms. The van der Waals surface area contributed by atoms with Gasteiger partial charge in [-0.15, -0.1) is 0 Å². The molecule has 5 nitrogen and oxygen atoms in total. The number of nitrogens with zero attached hydrogens (tertiary/aromatic N) is 1. The van der Waals surface area contributed by atoms with Crippen molar-refractivity contribution in [1.29, 1.82) is 0 Å². The van der Waals surface area contributed by atoms with Crippen LogP contribution in [0.2, 0.25) is 0 Å². The van der Waals surface area contributed by atoms with Gasteiger partial charge < -0.3 is 14.4 Å². The number of rotatable bonds is 5. The second kappa shape index (κ2) is 6.47. The Bertz CT molecular complexity index is 689. The molecule has 1 atom stereocenters. The van der Waals surface area contributed by atoms with Crippen LogP contribution in [-0.2, 0) is 0 Å². The van der Waals surface area contributed by atoms with Gasteiger partial charge in [0.2, 0.25) is 0 Å². The van der Waals surface area contributed by atoms with Gasteiger partial charge in [0.05, 0.1) is 12.2 Å². The van der Waals surface area contributed by atoms with Gasteiger partial charge in [0, 0.05) is 12.0 Å². The zero-order valence-electron chi connectivity index (χ0n) is 12.1.